The molecular weight excluding hydrogens is 370 g/mol. The molecule has 30 heavy (non-hydrogen) atoms. The van der Waals surface area contributed by atoms with E-state index in [0.29, 0.717) is 12.8 Å². The lowest BCUT2D eigenvalue weighted by Gasteiger charge is -2.44. The van der Waals surface area contributed by atoms with Crippen LogP contribution in [0, 0.1) is 16.7 Å². The van der Waals surface area contributed by atoms with E-state index in [2.05, 4.69) is 58.0 Å². The Morgan fingerprint density at radius 2 is 1.50 bits per heavy atom. The van der Waals surface area contributed by atoms with Crippen LogP contribution in [0.15, 0.2) is 58.7 Å². The molecule has 0 amide bonds. The van der Waals surface area contributed by atoms with Crippen molar-refractivity contribution in [2.75, 3.05) is 0 Å². The summed E-state index contributed by atoms with van der Waals surface area (Å²) in [4.78, 5) is 31.9. The zero-order valence-corrected chi connectivity index (χ0v) is 18.3. The summed E-state index contributed by atoms with van der Waals surface area (Å²) >= 11 is 0. The molecule has 3 aliphatic rings. The van der Waals surface area contributed by atoms with Gasteiger partial charge in [-0.25, -0.2) is 0 Å². The van der Waals surface area contributed by atoms with Gasteiger partial charge in [-0.05, 0) is 40.0 Å². The van der Waals surface area contributed by atoms with E-state index in [-0.39, 0.29) is 34.2 Å². The molecule has 1 saturated carbocycles. The van der Waals surface area contributed by atoms with Crippen LogP contribution in [0.2, 0.25) is 0 Å². The summed E-state index contributed by atoms with van der Waals surface area (Å²) in [6, 6.07) is 14.6. The number of Topliss-reactive ketones (excluding diaryl/α,β-unsaturated/α-hetero) is 2. The minimum absolute atomic E-state index is 0.0814. The molecule has 0 aromatic heterocycles. The van der Waals surface area contributed by atoms with Gasteiger partial charge in [-0.3, -0.25) is 14.6 Å². The highest BCUT2D eigenvalue weighted by molar-refractivity contribution is 6.14. The number of benzene rings is 2. The van der Waals surface area contributed by atoms with E-state index in [1.165, 1.54) is 0 Å². The van der Waals surface area contributed by atoms with Crippen LogP contribution in [-0.4, -0.2) is 17.3 Å². The summed E-state index contributed by atoms with van der Waals surface area (Å²) in [5.74, 6) is -0.134. The predicted molar refractivity (Wildman–Crippen MR) is 121 cm³/mol. The van der Waals surface area contributed by atoms with Crippen molar-refractivity contribution in [2.45, 2.75) is 59.3 Å². The minimum atomic E-state index is -0.312. The normalized spacial score (nSPS) is 27.5. The lowest BCUT2D eigenvalue weighted by molar-refractivity contribution is -0.124. The summed E-state index contributed by atoms with van der Waals surface area (Å²) in [5.41, 5.74) is 3.63. The Hall–Kier alpha value is -2.55. The van der Waals surface area contributed by atoms with Crippen LogP contribution in [0.1, 0.15) is 64.9 Å². The summed E-state index contributed by atoms with van der Waals surface area (Å²) in [6.45, 7) is 8.58. The van der Waals surface area contributed by atoms with Crippen LogP contribution in [0.4, 0.5) is 0 Å². The van der Waals surface area contributed by atoms with Crippen molar-refractivity contribution < 1.29 is 9.59 Å². The van der Waals surface area contributed by atoms with Gasteiger partial charge in [0, 0.05) is 35.7 Å². The van der Waals surface area contributed by atoms with Crippen LogP contribution < -0.4 is 0 Å². The second-order valence-corrected chi connectivity index (χ2v) is 10.9. The van der Waals surface area contributed by atoms with Gasteiger partial charge in [0.15, 0.2) is 5.78 Å². The number of hydrogen-bond donors (Lipinski definition) is 0. The van der Waals surface area contributed by atoms with Gasteiger partial charge in [0.05, 0.1) is 5.92 Å². The van der Waals surface area contributed by atoms with E-state index < -0.39 is 0 Å². The van der Waals surface area contributed by atoms with Crippen LogP contribution in [0.25, 0.3) is 10.8 Å². The molecule has 0 bridgehead atoms. The van der Waals surface area contributed by atoms with Crippen LogP contribution in [-0.2, 0) is 9.59 Å². The van der Waals surface area contributed by atoms with Crippen molar-refractivity contribution in [3.05, 3.63) is 59.3 Å². The van der Waals surface area contributed by atoms with Crippen molar-refractivity contribution in [1.29, 1.82) is 0 Å². The SMILES string of the molecule is CC1(C)CC(=O)C2C(=NC3=C(C(=O)CC(C)(C)C3)[C@H]2c2cccc3ccccc23)C1. The van der Waals surface area contributed by atoms with Crippen molar-refractivity contribution in [3.8, 4) is 0 Å². The molecule has 1 aliphatic heterocycles. The third-order valence-corrected chi connectivity index (χ3v) is 7.00. The molecule has 0 N–H and O–H groups in total. The number of rotatable bonds is 1. The Bertz CT molecular complexity index is 1140. The van der Waals surface area contributed by atoms with Gasteiger partial charge in [0.1, 0.15) is 5.78 Å². The van der Waals surface area contributed by atoms with Crippen molar-refractivity contribution >= 4 is 28.1 Å². The maximum atomic E-state index is 13.5. The van der Waals surface area contributed by atoms with Crippen molar-refractivity contribution in [1.82, 2.24) is 0 Å². The Balaban J connectivity index is 1.77. The molecule has 2 atom stereocenters. The Morgan fingerprint density at radius 3 is 2.30 bits per heavy atom. The van der Waals surface area contributed by atoms with E-state index in [1.54, 1.807) is 0 Å². The predicted octanol–water partition coefficient (Wildman–Crippen LogP) is 6.03. The number of aliphatic imine (C=N–C) groups is 1. The minimum Gasteiger partial charge on any atom is -0.299 e. The van der Waals surface area contributed by atoms with E-state index in [9.17, 15) is 9.59 Å². The topological polar surface area (TPSA) is 46.5 Å². The van der Waals surface area contributed by atoms with E-state index in [4.69, 9.17) is 4.99 Å². The molecule has 2 aromatic carbocycles. The fourth-order valence-electron chi connectivity index (χ4n) is 5.87. The van der Waals surface area contributed by atoms with Crippen molar-refractivity contribution in [3.63, 3.8) is 0 Å². The molecule has 0 radical (unpaired) electrons. The van der Waals surface area contributed by atoms with Gasteiger partial charge in [-0.15, -0.1) is 0 Å². The number of carbonyl (C=O) groups is 2. The summed E-state index contributed by atoms with van der Waals surface area (Å²) in [7, 11) is 0. The van der Waals surface area contributed by atoms with Gasteiger partial charge in [-0.2, -0.15) is 0 Å². The monoisotopic (exact) mass is 399 g/mol. The van der Waals surface area contributed by atoms with E-state index in [1.807, 2.05) is 12.1 Å². The summed E-state index contributed by atoms with van der Waals surface area (Å²) in [6.07, 6.45) is 2.67. The van der Waals surface area contributed by atoms with E-state index >= 15 is 0 Å². The largest absolute Gasteiger partial charge is 0.299 e. The number of fused-ring (bicyclic) bond motifs is 2. The van der Waals surface area contributed by atoms with Gasteiger partial charge < -0.3 is 0 Å². The fraction of sp³-hybridized carbons (Fsp3) is 0.444. The first-order valence-corrected chi connectivity index (χ1v) is 11.0. The van der Waals surface area contributed by atoms with Gasteiger partial charge >= 0.3 is 0 Å². The van der Waals surface area contributed by atoms with Gasteiger partial charge in [0.2, 0.25) is 0 Å². The average molecular weight is 400 g/mol. The molecule has 2 aliphatic carbocycles. The zero-order valence-electron chi connectivity index (χ0n) is 18.3. The Labute approximate surface area is 178 Å². The standard InChI is InChI=1S/C27H29NO2/c1-26(2)12-19-24(21(29)14-26)23(18-11-7-9-16-8-5-6-10-17(16)18)25-20(28-19)13-27(3,4)15-22(25)30/h5-11,23-24H,12-15H2,1-4H3/t23-,24?/m0/s1. The first-order chi connectivity index (χ1) is 14.2. The first kappa shape index (κ1) is 19.4. The van der Waals surface area contributed by atoms with E-state index in [0.717, 1.165) is 46.2 Å². The summed E-state index contributed by atoms with van der Waals surface area (Å²) in [5, 5.41) is 2.28. The quantitative estimate of drug-likeness (QED) is 0.588. The highest BCUT2D eigenvalue weighted by Gasteiger charge is 2.50. The molecule has 1 fully saturated rings. The molecule has 3 heteroatoms. The molecule has 1 unspecified atom stereocenters. The molecule has 5 rings (SSSR count). The number of allylic oxidation sites excluding steroid dienone is 2. The number of carbonyl (C=O) groups excluding carboxylic acids is 2. The molecule has 154 valence electrons. The van der Waals surface area contributed by atoms with Crippen LogP contribution in [0.5, 0.6) is 0 Å². The maximum Gasteiger partial charge on any atom is 0.161 e. The molecule has 0 saturated heterocycles. The molecule has 1 heterocycles. The van der Waals surface area contributed by atoms with Crippen LogP contribution >= 0.6 is 0 Å². The Kier molecular flexibility index (Phi) is 4.19. The third-order valence-electron chi connectivity index (χ3n) is 7.00. The highest BCUT2D eigenvalue weighted by Crippen LogP contribution is 2.52. The lowest BCUT2D eigenvalue weighted by atomic mass is 9.60. The second-order valence-electron chi connectivity index (χ2n) is 10.9. The fourth-order valence-corrected chi connectivity index (χ4v) is 5.87. The molecular formula is C27H29NO2. The van der Waals surface area contributed by atoms with Gasteiger partial charge in [-0.1, -0.05) is 70.2 Å². The number of nitrogens with zero attached hydrogens (tertiary/aromatic N) is 1. The third kappa shape index (κ3) is 3.07. The smallest absolute Gasteiger partial charge is 0.161 e. The summed E-state index contributed by atoms with van der Waals surface area (Å²) < 4.78 is 0. The maximum absolute atomic E-state index is 13.5. The van der Waals surface area contributed by atoms with Crippen LogP contribution in [0.3, 0.4) is 0 Å². The average Bonchev–Trinajstić information content (AvgIpc) is 2.64. The lowest BCUT2D eigenvalue weighted by Crippen LogP contribution is -2.45. The highest BCUT2D eigenvalue weighted by atomic mass is 16.1. The number of hydrogen-bond acceptors (Lipinski definition) is 3. The first-order valence-electron chi connectivity index (χ1n) is 11.0. The zero-order chi connectivity index (χ0) is 21.3. The number of ketones is 2. The molecule has 0 spiro atoms. The molecule has 2 aromatic rings. The Morgan fingerprint density at radius 1 is 0.800 bits per heavy atom. The molecule has 3 nitrogen and oxygen atoms in total. The van der Waals surface area contributed by atoms with Crippen molar-refractivity contribution in [2.24, 2.45) is 21.7 Å². The second kappa shape index (κ2) is 6.47. The van der Waals surface area contributed by atoms with Gasteiger partial charge in [0.25, 0.3) is 0 Å².